The molecule has 0 aromatic rings. The van der Waals surface area contributed by atoms with Gasteiger partial charge in [-0.05, 0) is 31.1 Å². The number of nitrogens with two attached hydrogens (primary N) is 1. The van der Waals surface area contributed by atoms with Crippen molar-refractivity contribution in [1.29, 1.82) is 0 Å². The average Bonchev–Trinajstić information content (AvgIpc) is 1.94. The highest BCUT2D eigenvalue weighted by molar-refractivity contribution is 7.87. The quantitative estimate of drug-likeness (QED) is 0.694. The Balaban J connectivity index is 2.47. The van der Waals surface area contributed by atoms with Crippen molar-refractivity contribution >= 4 is 10.2 Å². The van der Waals surface area contributed by atoms with Crippen LogP contribution < -0.4 is 9.86 Å². The third kappa shape index (κ3) is 3.62. The molecule has 3 unspecified atom stereocenters. The lowest BCUT2D eigenvalue weighted by Crippen LogP contribution is -2.42. The van der Waals surface area contributed by atoms with E-state index in [1.165, 1.54) is 0 Å². The molecular weight excluding hydrogens is 188 g/mol. The molecule has 0 aromatic heterocycles. The molecular formula is C8H18N2O2S. The SMILES string of the molecule is CC1CCC(NS(N)(=O)=O)CC1C. The van der Waals surface area contributed by atoms with Gasteiger partial charge in [0.25, 0.3) is 10.2 Å². The Hall–Kier alpha value is -0.130. The van der Waals surface area contributed by atoms with E-state index in [9.17, 15) is 8.42 Å². The summed E-state index contributed by atoms with van der Waals surface area (Å²) in [7, 11) is -3.51. The largest absolute Gasteiger partial charge is 0.274 e. The molecule has 1 aliphatic carbocycles. The van der Waals surface area contributed by atoms with E-state index in [0.29, 0.717) is 11.8 Å². The highest BCUT2D eigenvalue weighted by atomic mass is 32.2. The van der Waals surface area contributed by atoms with Gasteiger partial charge in [0.2, 0.25) is 0 Å². The van der Waals surface area contributed by atoms with E-state index in [2.05, 4.69) is 18.6 Å². The molecule has 13 heavy (non-hydrogen) atoms. The van der Waals surface area contributed by atoms with Gasteiger partial charge in [0.05, 0.1) is 0 Å². The van der Waals surface area contributed by atoms with Crippen molar-refractivity contribution in [2.45, 2.75) is 39.2 Å². The van der Waals surface area contributed by atoms with Crippen LogP contribution in [0, 0.1) is 11.8 Å². The Kier molecular flexibility index (Phi) is 3.32. The van der Waals surface area contributed by atoms with Crippen molar-refractivity contribution in [3.63, 3.8) is 0 Å². The van der Waals surface area contributed by atoms with Crippen LogP contribution in [0.3, 0.4) is 0 Å². The van der Waals surface area contributed by atoms with Crippen molar-refractivity contribution in [2.24, 2.45) is 17.0 Å². The van der Waals surface area contributed by atoms with E-state index in [0.717, 1.165) is 19.3 Å². The Labute approximate surface area is 80.1 Å². The molecule has 0 heterocycles. The van der Waals surface area contributed by atoms with Gasteiger partial charge in [0.1, 0.15) is 0 Å². The third-order valence-corrected chi connectivity index (χ3v) is 3.59. The second-order valence-corrected chi connectivity index (χ2v) is 5.45. The monoisotopic (exact) mass is 206 g/mol. The topological polar surface area (TPSA) is 72.2 Å². The van der Waals surface area contributed by atoms with Crippen LogP contribution >= 0.6 is 0 Å². The van der Waals surface area contributed by atoms with Crippen molar-refractivity contribution in [3.05, 3.63) is 0 Å². The second-order valence-electron chi connectivity index (χ2n) is 4.13. The zero-order chi connectivity index (χ0) is 10.1. The minimum Gasteiger partial charge on any atom is -0.216 e. The summed E-state index contributed by atoms with van der Waals surface area (Å²) in [6.07, 6.45) is 2.88. The highest BCUT2D eigenvalue weighted by Gasteiger charge is 2.26. The Bertz CT molecular complexity index is 263. The highest BCUT2D eigenvalue weighted by Crippen LogP contribution is 2.29. The fourth-order valence-electron chi connectivity index (χ4n) is 1.89. The van der Waals surface area contributed by atoms with Gasteiger partial charge in [0.15, 0.2) is 0 Å². The summed E-state index contributed by atoms with van der Waals surface area (Å²) < 4.78 is 24.0. The molecule has 78 valence electrons. The van der Waals surface area contributed by atoms with E-state index in [4.69, 9.17) is 5.14 Å². The van der Waals surface area contributed by atoms with Crippen LogP contribution in [0.2, 0.25) is 0 Å². The zero-order valence-electron chi connectivity index (χ0n) is 8.16. The van der Waals surface area contributed by atoms with Gasteiger partial charge in [-0.3, -0.25) is 0 Å². The van der Waals surface area contributed by atoms with E-state index in [1.54, 1.807) is 0 Å². The fraction of sp³-hybridized carbons (Fsp3) is 1.00. The summed E-state index contributed by atoms with van der Waals surface area (Å²) in [5.74, 6) is 1.27. The molecule has 5 heteroatoms. The molecule has 3 atom stereocenters. The maximum Gasteiger partial charge on any atom is 0.274 e. The van der Waals surface area contributed by atoms with Crippen molar-refractivity contribution in [3.8, 4) is 0 Å². The van der Waals surface area contributed by atoms with Gasteiger partial charge in [-0.15, -0.1) is 0 Å². The van der Waals surface area contributed by atoms with Crippen molar-refractivity contribution in [2.75, 3.05) is 0 Å². The van der Waals surface area contributed by atoms with E-state index < -0.39 is 10.2 Å². The summed E-state index contributed by atoms with van der Waals surface area (Å²) >= 11 is 0. The standard InChI is InChI=1S/C8H18N2O2S/c1-6-3-4-8(5-7(6)2)10-13(9,11)12/h6-8,10H,3-5H2,1-2H3,(H2,9,11,12). The van der Waals surface area contributed by atoms with E-state index in [1.807, 2.05) is 0 Å². The smallest absolute Gasteiger partial charge is 0.216 e. The first-order valence-electron chi connectivity index (χ1n) is 4.68. The minimum absolute atomic E-state index is 0.0428. The first-order chi connectivity index (χ1) is 5.88. The molecule has 3 N–H and O–H groups in total. The predicted octanol–water partition coefficient (Wildman–Crippen LogP) is 0.604. The molecule has 0 bridgehead atoms. The first kappa shape index (κ1) is 10.9. The summed E-state index contributed by atoms with van der Waals surface area (Å²) in [5, 5.41) is 4.91. The van der Waals surface area contributed by atoms with Crippen LogP contribution in [0.4, 0.5) is 0 Å². The second kappa shape index (κ2) is 3.94. The van der Waals surface area contributed by atoms with Crippen molar-refractivity contribution < 1.29 is 8.42 Å². The molecule has 1 fully saturated rings. The Morgan fingerprint density at radius 3 is 2.31 bits per heavy atom. The molecule has 0 radical (unpaired) electrons. The lowest BCUT2D eigenvalue weighted by atomic mass is 9.79. The molecule has 0 spiro atoms. The van der Waals surface area contributed by atoms with E-state index in [-0.39, 0.29) is 6.04 Å². The maximum absolute atomic E-state index is 10.8. The Morgan fingerprint density at radius 2 is 1.85 bits per heavy atom. The predicted molar refractivity (Wildman–Crippen MR) is 52.2 cm³/mol. The molecule has 1 aliphatic rings. The van der Waals surface area contributed by atoms with Crippen LogP contribution in [0.15, 0.2) is 0 Å². The molecule has 4 nitrogen and oxygen atoms in total. The van der Waals surface area contributed by atoms with Gasteiger partial charge in [-0.1, -0.05) is 13.8 Å². The van der Waals surface area contributed by atoms with Crippen molar-refractivity contribution in [1.82, 2.24) is 4.72 Å². The number of rotatable bonds is 2. The molecule has 0 saturated heterocycles. The molecule has 1 saturated carbocycles. The average molecular weight is 206 g/mol. The molecule has 0 amide bonds. The van der Waals surface area contributed by atoms with Gasteiger partial charge in [0, 0.05) is 6.04 Å². The lowest BCUT2D eigenvalue weighted by molar-refractivity contribution is 0.242. The summed E-state index contributed by atoms with van der Waals surface area (Å²) in [4.78, 5) is 0. The minimum atomic E-state index is -3.51. The third-order valence-electron chi connectivity index (χ3n) is 2.93. The molecule has 0 aliphatic heterocycles. The van der Waals surface area contributed by atoms with Gasteiger partial charge < -0.3 is 0 Å². The zero-order valence-corrected chi connectivity index (χ0v) is 8.97. The number of hydrogen-bond acceptors (Lipinski definition) is 2. The van der Waals surface area contributed by atoms with Crippen LogP contribution in [-0.4, -0.2) is 14.5 Å². The lowest BCUT2D eigenvalue weighted by Gasteiger charge is -2.31. The van der Waals surface area contributed by atoms with Gasteiger partial charge in [-0.2, -0.15) is 13.1 Å². The normalized spacial score (nSPS) is 36.1. The fourth-order valence-corrected chi connectivity index (χ4v) is 2.57. The first-order valence-corrected chi connectivity index (χ1v) is 6.23. The van der Waals surface area contributed by atoms with Crippen LogP contribution in [0.5, 0.6) is 0 Å². The van der Waals surface area contributed by atoms with Crippen LogP contribution in [0.1, 0.15) is 33.1 Å². The number of hydrogen-bond donors (Lipinski definition) is 2. The van der Waals surface area contributed by atoms with Crippen LogP contribution in [0.25, 0.3) is 0 Å². The number of nitrogens with one attached hydrogen (secondary N) is 1. The molecule has 1 rings (SSSR count). The summed E-state index contributed by atoms with van der Waals surface area (Å²) in [6, 6.07) is 0.0428. The van der Waals surface area contributed by atoms with Gasteiger partial charge in [-0.25, -0.2) is 5.14 Å². The summed E-state index contributed by atoms with van der Waals surface area (Å²) in [5.41, 5.74) is 0. The van der Waals surface area contributed by atoms with Crippen LogP contribution in [-0.2, 0) is 10.2 Å². The van der Waals surface area contributed by atoms with Gasteiger partial charge >= 0.3 is 0 Å². The Morgan fingerprint density at radius 1 is 1.23 bits per heavy atom. The maximum atomic E-state index is 10.8. The summed E-state index contributed by atoms with van der Waals surface area (Å²) in [6.45, 7) is 4.36. The van der Waals surface area contributed by atoms with E-state index >= 15 is 0 Å². The molecule has 0 aromatic carbocycles.